The molecule has 1 aromatic heterocycles. The second-order valence-corrected chi connectivity index (χ2v) is 10.2. The van der Waals surface area contributed by atoms with Crippen LogP contribution in [-0.4, -0.2) is 24.8 Å². The van der Waals surface area contributed by atoms with Gasteiger partial charge in [0, 0.05) is 29.7 Å². The molecule has 33 heavy (non-hydrogen) atoms. The van der Waals surface area contributed by atoms with Crippen LogP contribution >= 0.6 is 11.6 Å². The number of hydrogen-bond donors (Lipinski definition) is 1. The number of ether oxygens (including phenoxy) is 1. The number of pyridine rings is 1. The first-order valence-corrected chi connectivity index (χ1v) is 12.1. The lowest BCUT2D eigenvalue weighted by Gasteiger charge is -2.22. The predicted octanol–water partition coefficient (Wildman–Crippen LogP) is 4.89. The van der Waals surface area contributed by atoms with Crippen molar-refractivity contribution in [3.63, 3.8) is 0 Å². The van der Waals surface area contributed by atoms with E-state index in [1.54, 1.807) is 37.4 Å². The van der Waals surface area contributed by atoms with E-state index in [1.807, 2.05) is 37.3 Å². The number of hydrogen-bond acceptors (Lipinski definition) is 4. The van der Waals surface area contributed by atoms with Gasteiger partial charge in [-0.05, 0) is 54.3 Å². The van der Waals surface area contributed by atoms with Crippen molar-refractivity contribution in [3.8, 4) is 5.75 Å². The highest BCUT2D eigenvalue weighted by Gasteiger charge is 2.26. The fourth-order valence-corrected chi connectivity index (χ4v) is 5.27. The molecule has 8 heteroatoms. The van der Waals surface area contributed by atoms with Gasteiger partial charge in [0.15, 0.2) is 0 Å². The zero-order valence-electron chi connectivity index (χ0n) is 18.2. The normalized spacial score (nSPS) is 11.8. The molecule has 0 bridgehead atoms. The third-order valence-corrected chi connectivity index (χ3v) is 7.41. The highest BCUT2D eigenvalue weighted by molar-refractivity contribution is 7.89. The number of methoxy groups -OCH3 is 1. The first kappa shape index (κ1) is 23.0. The number of aromatic amines is 1. The van der Waals surface area contributed by atoms with Crippen molar-refractivity contribution in [1.29, 1.82) is 0 Å². The number of rotatable bonds is 7. The summed E-state index contributed by atoms with van der Waals surface area (Å²) < 4.78 is 33.6. The van der Waals surface area contributed by atoms with Gasteiger partial charge in [0.1, 0.15) is 5.75 Å². The molecule has 0 aliphatic rings. The van der Waals surface area contributed by atoms with Crippen molar-refractivity contribution in [2.75, 3.05) is 7.11 Å². The van der Waals surface area contributed by atoms with E-state index in [0.29, 0.717) is 21.9 Å². The van der Waals surface area contributed by atoms with Gasteiger partial charge in [-0.1, -0.05) is 47.5 Å². The fraction of sp³-hybridized carbons (Fsp3) is 0.160. The minimum absolute atomic E-state index is 0.0732. The van der Waals surface area contributed by atoms with Crippen molar-refractivity contribution in [2.45, 2.75) is 24.9 Å². The molecule has 1 N–H and O–H groups in total. The van der Waals surface area contributed by atoms with Crippen LogP contribution in [0, 0.1) is 6.92 Å². The molecule has 4 rings (SSSR count). The number of nitrogens with zero attached hydrogens (tertiary/aromatic N) is 1. The summed E-state index contributed by atoms with van der Waals surface area (Å²) in [5, 5.41) is 1.10. The third kappa shape index (κ3) is 5.11. The van der Waals surface area contributed by atoms with Crippen LogP contribution in [0.5, 0.6) is 5.75 Å². The minimum Gasteiger partial charge on any atom is -0.497 e. The molecule has 0 amide bonds. The average molecular weight is 483 g/mol. The van der Waals surface area contributed by atoms with E-state index in [4.69, 9.17) is 16.3 Å². The van der Waals surface area contributed by atoms with Gasteiger partial charge in [0.2, 0.25) is 10.0 Å². The number of benzene rings is 3. The molecule has 3 aromatic carbocycles. The Balaban J connectivity index is 1.77. The van der Waals surface area contributed by atoms with Gasteiger partial charge in [-0.25, -0.2) is 8.42 Å². The highest BCUT2D eigenvalue weighted by atomic mass is 35.5. The number of H-pyrrole nitrogens is 1. The van der Waals surface area contributed by atoms with Crippen LogP contribution in [0.4, 0.5) is 0 Å². The van der Waals surface area contributed by atoms with Gasteiger partial charge < -0.3 is 9.72 Å². The first-order chi connectivity index (χ1) is 15.8. The summed E-state index contributed by atoms with van der Waals surface area (Å²) in [7, 11) is -2.38. The summed E-state index contributed by atoms with van der Waals surface area (Å²) in [6, 6.07) is 20.8. The Hall–Kier alpha value is -3.13. The van der Waals surface area contributed by atoms with Crippen molar-refractivity contribution in [2.24, 2.45) is 0 Å². The monoisotopic (exact) mass is 482 g/mol. The average Bonchev–Trinajstić information content (AvgIpc) is 2.80. The summed E-state index contributed by atoms with van der Waals surface area (Å²) >= 11 is 6.06. The molecule has 0 aliphatic heterocycles. The molecular weight excluding hydrogens is 460 g/mol. The Labute approximate surface area is 197 Å². The summed E-state index contributed by atoms with van der Waals surface area (Å²) in [6.07, 6.45) is 0. The molecule has 1 heterocycles. The van der Waals surface area contributed by atoms with Crippen LogP contribution in [0.15, 0.2) is 82.5 Å². The number of fused-ring (bicyclic) bond motifs is 1. The Morgan fingerprint density at radius 2 is 1.73 bits per heavy atom. The Bertz CT molecular complexity index is 1460. The Morgan fingerprint density at radius 3 is 2.42 bits per heavy atom. The smallest absolute Gasteiger partial charge is 0.252 e. The van der Waals surface area contributed by atoms with Crippen molar-refractivity contribution < 1.29 is 13.2 Å². The van der Waals surface area contributed by atoms with Crippen LogP contribution in [0.25, 0.3) is 10.9 Å². The van der Waals surface area contributed by atoms with E-state index in [1.165, 1.54) is 16.4 Å². The molecule has 0 aliphatic carbocycles. The van der Waals surface area contributed by atoms with E-state index in [9.17, 15) is 13.2 Å². The fourth-order valence-electron chi connectivity index (χ4n) is 3.56. The van der Waals surface area contributed by atoms with Crippen molar-refractivity contribution in [3.05, 3.63) is 105 Å². The number of halogens is 1. The molecule has 4 aromatic rings. The van der Waals surface area contributed by atoms with Crippen LogP contribution < -0.4 is 10.3 Å². The SMILES string of the molecule is COc1ccc2cc(CN(Cc3ccc(C)cc3)S(=O)(=O)c3cccc(Cl)c3)c(=O)[nH]c2c1. The van der Waals surface area contributed by atoms with E-state index in [2.05, 4.69) is 4.98 Å². The molecule has 0 fully saturated rings. The lowest BCUT2D eigenvalue weighted by molar-refractivity contribution is 0.400. The zero-order valence-corrected chi connectivity index (χ0v) is 19.8. The van der Waals surface area contributed by atoms with Crippen LogP contribution in [0.1, 0.15) is 16.7 Å². The number of sulfonamides is 1. The van der Waals surface area contributed by atoms with Gasteiger partial charge in [-0.2, -0.15) is 4.31 Å². The van der Waals surface area contributed by atoms with E-state index >= 15 is 0 Å². The topological polar surface area (TPSA) is 79.5 Å². The number of nitrogens with one attached hydrogen (secondary N) is 1. The lowest BCUT2D eigenvalue weighted by Crippen LogP contribution is -2.32. The molecule has 0 spiro atoms. The minimum atomic E-state index is -3.93. The first-order valence-electron chi connectivity index (χ1n) is 10.3. The Kier molecular flexibility index (Phi) is 6.56. The van der Waals surface area contributed by atoms with Gasteiger partial charge in [0.25, 0.3) is 5.56 Å². The van der Waals surface area contributed by atoms with E-state index in [-0.39, 0.29) is 23.5 Å². The molecule has 0 saturated heterocycles. The molecule has 0 atom stereocenters. The maximum absolute atomic E-state index is 13.6. The van der Waals surface area contributed by atoms with Gasteiger partial charge in [-0.15, -0.1) is 0 Å². The summed E-state index contributed by atoms with van der Waals surface area (Å²) in [5.74, 6) is 0.621. The van der Waals surface area contributed by atoms with E-state index < -0.39 is 10.0 Å². The quantitative estimate of drug-likeness (QED) is 0.406. The number of aryl methyl sites for hydroxylation is 1. The van der Waals surface area contributed by atoms with Gasteiger partial charge in [-0.3, -0.25) is 4.79 Å². The maximum atomic E-state index is 13.6. The zero-order chi connectivity index (χ0) is 23.6. The molecule has 170 valence electrons. The molecule has 0 saturated carbocycles. The second-order valence-electron chi connectivity index (χ2n) is 7.79. The molecule has 6 nitrogen and oxygen atoms in total. The Morgan fingerprint density at radius 1 is 0.970 bits per heavy atom. The molecule has 0 unspecified atom stereocenters. The van der Waals surface area contributed by atoms with Crippen molar-refractivity contribution >= 4 is 32.5 Å². The molecular formula is C25H23ClN2O4S. The summed E-state index contributed by atoms with van der Waals surface area (Å²) in [4.78, 5) is 15.7. The molecule has 0 radical (unpaired) electrons. The number of aromatic nitrogens is 1. The van der Waals surface area contributed by atoms with Crippen LogP contribution in [-0.2, 0) is 23.1 Å². The standard InChI is InChI=1S/C25H23ClN2O4S/c1-17-6-8-18(9-7-17)15-28(33(30,31)23-5-3-4-21(26)13-23)16-20-12-19-10-11-22(32-2)14-24(19)27-25(20)29/h3-14H,15-16H2,1-2H3,(H,27,29). The largest absolute Gasteiger partial charge is 0.497 e. The second kappa shape index (κ2) is 9.39. The van der Waals surface area contributed by atoms with E-state index in [0.717, 1.165) is 16.5 Å². The summed E-state index contributed by atoms with van der Waals surface area (Å²) in [5.41, 5.74) is 2.49. The van der Waals surface area contributed by atoms with Crippen LogP contribution in [0.2, 0.25) is 5.02 Å². The lowest BCUT2D eigenvalue weighted by atomic mass is 10.1. The van der Waals surface area contributed by atoms with Crippen LogP contribution in [0.3, 0.4) is 0 Å². The third-order valence-electron chi connectivity index (χ3n) is 5.39. The van der Waals surface area contributed by atoms with Crippen molar-refractivity contribution in [1.82, 2.24) is 9.29 Å². The summed E-state index contributed by atoms with van der Waals surface area (Å²) in [6.45, 7) is 1.98. The maximum Gasteiger partial charge on any atom is 0.252 e. The van der Waals surface area contributed by atoms with Gasteiger partial charge in [0.05, 0.1) is 17.5 Å². The predicted molar refractivity (Wildman–Crippen MR) is 130 cm³/mol. The highest BCUT2D eigenvalue weighted by Crippen LogP contribution is 2.24. The van der Waals surface area contributed by atoms with Gasteiger partial charge >= 0.3 is 0 Å².